The predicted octanol–water partition coefficient (Wildman–Crippen LogP) is 5.60. The Kier molecular flexibility index (Phi) is 5.17. The van der Waals surface area contributed by atoms with E-state index in [1.807, 2.05) is 31.2 Å². The van der Waals surface area contributed by atoms with Crippen molar-refractivity contribution in [1.82, 2.24) is 0 Å². The molecule has 0 radical (unpaired) electrons. The topological polar surface area (TPSA) is 0 Å². The van der Waals surface area contributed by atoms with Gasteiger partial charge in [0.15, 0.2) is 0 Å². The van der Waals surface area contributed by atoms with Crippen molar-refractivity contribution in [2.75, 3.05) is 5.88 Å². The molecule has 0 heterocycles. The molecule has 2 rings (SSSR count). The Morgan fingerprint density at radius 3 is 2.35 bits per heavy atom. The Bertz CT molecular complexity index is 596. The van der Waals surface area contributed by atoms with E-state index in [9.17, 15) is 8.78 Å². The molecule has 1 unspecified atom stereocenters. The van der Waals surface area contributed by atoms with Gasteiger partial charge in [-0.2, -0.15) is 0 Å². The summed E-state index contributed by atoms with van der Waals surface area (Å²) < 4.78 is 28.1. The summed E-state index contributed by atoms with van der Waals surface area (Å²) in [4.78, 5) is 0. The summed E-state index contributed by atoms with van der Waals surface area (Å²) in [6, 6.07) is 10.5. The van der Waals surface area contributed by atoms with Crippen LogP contribution in [0.15, 0.2) is 40.9 Å². The second kappa shape index (κ2) is 6.68. The van der Waals surface area contributed by atoms with Crippen LogP contribution in [0, 0.1) is 18.6 Å². The smallest absolute Gasteiger partial charge is 0.143 e. The number of hydrogen-bond acceptors (Lipinski definition) is 0. The minimum absolute atomic E-state index is 0.0746. The van der Waals surface area contributed by atoms with Gasteiger partial charge < -0.3 is 0 Å². The fourth-order valence-corrected chi connectivity index (χ4v) is 2.76. The summed E-state index contributed by atoms with van der Waals surface area (Å²) in [7, 11) is 0. The number of benzene rings is 2. The molecule has 0 saturated heterocycles. The molecule has 0 amide bonds. The molecule has 2 aromatic rings. The van der Waals surface area contributed by atoms with Crippen LogP contribution in [0.5, 0.6) is 0 Å². The zero-order valence-corrected chi connectivity index (χ0v) is 13.3. The predicted molar refractivity (Wildman–Crippen MR) is 82.4 cm³/mol. The lowest BCUT2D eigenvalue weighted by atomic mass is 9.92. The van der Waals surface area contributed by atoms with Crippen molar-refractivity contribution in [3.8, 4) is 0 Å². The third kappa shape index (κ3) is 3.39. The number of alkyl halides is 1. The van der Waals surface area contributed by atoms with Gasteiger partial charge in [0.05, 0.1) is 4.47 Å². The van der Waals surface area contributed by atoms with E-state index in [1.165, 1.54) is 12.1 Å². The van der Waals surface area contributed by atoms with Gasteiger partial charge in [0, 0.05) is 17.4 Å². The molecule has 0 aromatic heterocycles. The molecular weight excluding hydrogens is 346 g/mol. The van der Waals surface area contributed by atoms with Gasteiger partial charge in [-0.1, -0.05) is 29.8 Å². The fraction of sp³-hybridized carbons (Fsp3) is 0.250. The standard InChI is InChI=1S/C16H14BrClF2/c1-10-2-4-11(5-3-10)12(9-18)8-13-15(19)7-6-14(17)16(13)20/h2-7,12H,8-9H2,1H3. The van der Waals surface area contributed by atoms with E-state index in [0.29, 0.717) is 5.88 Å². The van der Waals surface area contributed by atoms with Gasteiger partial charge >= 0.3 is 0 Å². The Balaban J connectivity index is 2.31. The maximum Gasteiger partial charge on any atom is 0.143 e. The maximum atomic E-state index is 14.0. The summed E-state index contributed by atoms with van der Waals surface area (Å²) in [5, 5.41) is 0. The highest BCUT2D eigenvalue weighted by atomic mass is 79.9. The number of aryl methyl sites for hydroxylation is 1. The third-order valence-corrected chi connectivity index (χ3v) is 4.31. The molecule has 0 aliphatic heterocycles. The first-order chi connectivity index (χ1) is 9.52. The van der Waals surface area contributed by atoms with Crippen LogP contribution >= 0.6 is 27.5 Å². The van der Waals surface area contributed by atoms with Crippen LogP contribution in [0.2, 0.25) is 0 Å². The summed E-state index contributed by atoms with van der Waals surface area (Å²) in [5.74, 6) is -0.884. The summed E-state index contributed by atoms with van der Waals surface area (Å²) >= 11 is 9.06. The molecule has 1 atom stereocenters. The normalized spacial score (nSPS) is 12.4. The first-order valence-electron chi connectivity index (χ1n) is 6.27. The first-order valence-corrected chi connectivity index (χ1v) is 7.60. The van der Waals surface area contributed by atoms with Gasteiger partial charge in [0.25, 0.3) is 0 Å². The first kappa shape index (κ1) is 15.5. The second-order valence-corrected chi connectivity index (χ2v) is 5.95. The van der Waals surface area contributed by atoms with E-state index in [4.69, 9.17) is 11.6 Å². The number of rotatable bonds is 4. The Hall–Kier alpha value is -0.930. The van der Waals surface area contributed by atoms with Gasteiger partial charge in [-0.05, 0) is 47.0 Å². The molecule has 2 aromatic carbocycles. The fourth-order valence-electron chi connectivity index (χ4n) is 2.10. The van der Waals surface area contributed by atoms with Crippen molar-refractivity contribution in [2.45, 2.75) is 19.3 Å². The zero-order chi connectivity index (χ0) is 14.7. The van der Waals surface area contributed by atoms with Crippen LogP contribution in [0.25, 0.3) is 0 Å². The molecule has 4 heteroatoms. The van der Waals surface area contributed by atoms with Gasteiger partial charge in [0.2, 0.25) is 0 Å². The molecular formula is C16H14BrClF2. The molecule has 0 N–H and O–H groups in total. The third-order valence-electron chi connectivity index (χ3n) is 3.32. The average Bonchev–Trinajstić information content (AvgIpc) is 2.45. The van der Waals surface area contributed by atoms with E-state index >= 15 is 0 Å². The SMILES string of the molecule is Cc1ccc(C(CCl)Cc2c(F)ccc(Br)c2F)cc1. The van der Waals surface area contributed by atoms with E-state index in [-0.39, 0.29) is 22.4 Å². The molecule has 0 aliphatic rings. The van der Waals surface area contributed by atoms with Crippen LogP contribution in [0.1, 0.15) is 22.6 Å². The minimum atomic E-state index is -0.549. The van der Waals surface area contributed by atoms with Gasteiger partial charge in [-0.25, -0.2) is 8.78 Å². The molecule has 20 heavy (non-hydrogen) atoms. The monoisotopic (exact) mass is 358 g/mol. The molecule has 0 fully saturated rings. The van der Waals surface area contributed by atoms with E-state index < -0.39 is 11.6 Å². The molecule has 0 bridgehead atoms. The van der Waals surface area contributed by atoms with Crippen LogP contribution in [-0.2, 0) is 6.42 Å². The van der Waals surface area contributed by atoms with Crippen LogP contribution < -0.4 is 0 Å². The van der Waals surface area contributed by atoms with Crippen LogP contribution in [-0.4, -0.2) is 5.88 Å². The second-order valence-electron chi connectivity index (χ2n) is 4.79. The highest BCUT2D eigenvalue weighted by Gasteiger charge is 2.18. The minimum Gasteiger partial charge on any atom is -0.207 e. The van der Waals surface area contributed by atoms with E-state index in [0.717, 1.165) is 11.1 Å². The van der Waals surface area contributed by atoms with Crippen molar-refractivity contribution in [1.29, 1.82) is 0 Å². The Labute approximate surface area is 130 Å². The van der Waals surface area contributed by atoms with Gasteiger partial charge in [-0.15, -0.1) is 11.6 Å². The maximum absolute atomic E-state index is 14.0. The summed E-state index contributed by atoms with van der Waals surface area (Å²) in [6.07, 6.45) is 0.240. The lowest BCUT2D eigenvalue weighted by molar-refractivity contribution is 0.540. The van der Waals surface area contributed by atoms with Crippen molar-refractivity contribution < 1.29 is 8.78 Å². The van der Waals surface area contributed by atoms with Gasteiger partial charge in [0.1, 0.15) is 11.6 Å². The Morgan fingerprint density at radius 1 is 1.10 bits per heavy atom. The summed E-state index contributed by atoms with van der Waals surface area (Å²) in [6.45, 7) is 1.99. The molecule has 0 aliphatic carbocycles. The highest BCUT2D eigenvalue weighted by molar-refractivity contribution is 9.10. The lowest BCUT2D eigenvalue weighted by Crippen LogP contribution is -2.08. The van der Waals surface area contributed by atoms with E-state index in [1.54, 1.807) is 0 Å². The molecule has 0 nitrogen and oxygen atoms in total. The number of halogens is 4. The number of hydrogen-bond donors (Lipinski definition) is 0. The molecule has 0 saturated carbocycles. The van der Waals surface area contributed by atoms with Crippen molar-refractivity contribution in [2.24, 2.45) is 0 Å². The Morgan fingerprint density at radius 2 is 1.75 bits per heavy atom. The molecule has 0 spiro atoms. The van der Waals surface area contributed by atoms with Crippen LogP contribution in [0.3, 0.4) is 0 Å². The lowest BCUT2D eigenvalue weighted by Gasteiger charge is -2.16. The van der Waals surface area contributed by atoms with Crippen molar-refractivity contribution in [3.63, 3.8) is 0 Å². The van der Waals surface area contributed by atoms with Crippen molar-refractivity contribution in [3.05, 3.63) is 69.2 Å². The highest BCUT2D eigenvalue weighted by Crippen LogP contribution is 2.28. The van der Waals surface area contributed by atoms with E-state index in [2.05, 4.69) is 15.9 Å². The molecule has 106 valence electrons. The quantitative estimate of drug-likeness (QED) is 0.492. The van der Waals surface area contributed by atoms with Crippen LogP contribution in [0.4, 0.5) is 8.78 Å². The zero-order valence-electron chi connectivity index (χ0n) is 11.0. The van der Waals surface area contributed by atoms with Gasteiger partial charge in [-0.3, -0.25) is 0 Å². The largest absolute Gasteiger partial charge is 0.207 e. The summed E-state index contributed by atoms with van der Waals surface area (Å²) in [5.41, 5.74) is 2.21. The van der Waals surface area contributed by atoms with Crippen molar-refractivity contribution >= 4 is 27.5 Å². The average molecular weight is 360 g/mol.